The molecule has 1 aromatic carbocycles. The third kappa shape index (κ3) is 9.41. The van der Waals surface area contributed by atoms with Gasteiger partial charge < -0.3 is 30.4 Å². The number of nitrogens with zero attached hydrogens (tertiary/aromatic N) is 1. The Morgan fingerprint density at radius 3 is 2.41 bits per heavy atom. The number of aliphatic hydroxyl groups excluding tert-OH is 1. The molecule has 0 fully saturated rings. The zero-order valence-corrected chi connectivity index (χ0v) is 16.5. The molecule has 5 N–H and O–H groups in total. The first-order valence-corrected chi connectivity index (χ1v) is 8.73. The standard InChI is InChI=1S/C16H21N3O2.C4H4O4/c1-16(2,3)18-9-12(20)10-21-15-6-4-5-14-13(15)7-11(8-17)19-14;5-3(6)1-2-4(7)8/h4-7,12,18-20H,9-10H2,1-3H3;1-2H,(H,5,6)(H,7,8)/b;2-1+. The van der Waals surface area contributed by atoms with E-state index in [9.17, 15) is 14.7 Å². The van der Waals surface area contributed by atoms with Gasteiger partial charge in [-0.1, -0.05) is 6.07 Å². The molecule has 0 aliphatic carbocycles. The molecule has 0 spiro atoms. The van der Waals surface area contributed by atoms with E-state index in [1.54, 1.807) is 6.07 Å². The number of aromatic amines is 1. The number of carboxylic acid groups (broad SMARTS) is 2. The number of H-pyrrole nitrogens is 1. The van der Waals surface area contributed by atoms with Crippen LogP contribution in [0.4, 0.5) is 0 Å². The monoisotopic (exact) mass is 403 g/mol. The summed E-state index contributed by atoms with van der Waals surface area (Å²) in [5.41, 5.74) is 1.31. The molecule has 0 saturated heterocycles. The van der Waals surface area contributed by atoms with E-state index in [0.717, 1.165) is 10.9 Å². The number of nitriles is 1. The van der Waals surface area contributed by atoms with Crippen molar-refractivity contribution in [3.63, 3.8) is 0 Å². The summed E-state index contributed by atoms with van der Waals surface area (Å²) < 4.78 is 5.68. The highest BCUT2D eigenvalue weighted by Crippen LogP contribution is 2.26. The summed E-state index contributed by atoms with van der Waals surface area (Å²) in [6.07, 6.45) is 0.527. The van der Waals surface area contributed by atoms with Crippen molar-refractivity contribution >= 4 is 22.8 Å². The van der Waals surface area contributed by atoms with E-state index in [0.29, 0.717) is 30.1 Å². The number of aromatic nitrogens is 1. The van der Waals surface area contributed by atoms with Gasteiger partial charge in [0.1, 0.15) is 30.2 Å². The summed E-state index contributed by atoms with van der Waals surface area (Å²) in [6.45, 7) is 6.81. The van der Waals surface area contributed by atoms with E-state index in [1.165, 1.54) is 0 Å². The summed E-state index contributed by atoms with van der Waals surface area (Å²) in [4.78, 5) is 22.1. The Morgan fingerprint density at radius 2 is 1.90 bits per heavy atom. The first-order valence-electron chi connectivity index (χ1n) is 8.73. The van der Waals surface area contributed by atoms with E-state index in [2.05, 4.69) is 16.4 Å². The number of ether oxygens (including phenoxy) is 1. The number of hydrogen-bond donors (Lipinski definition) is 5. The zero-order chi connectivity index (χ0) is 22.0. The Balaban J connectivity index is 0.000000447. The van der Waals surface area contributed by atoms with Crippen LogP contribution in [-0.4, -0.2) is 57.0 Å². The van der Waals surface area contributed by atoms with Crippen LogP contribution >= 0.6 is 0 Å². The minimum atomic E-state index is -1.26. The van der Waals surface area contributed by atoms with E-state index < -0.39 is 18.0 Å². The molecule has 1 atom stereocenters. The largest absolute Gasteiger partial charge is 0.490 e. The molecule has 1 heterocycles. The van der Waals surface area contributed by atoms with Gasteiger partial charge >= 0.3 is 11.9 Å². The van der Waals surface area contributed by atoms with E-state index >= 15 is 0 Å². The zero-order valence-electron chi connectivity index (χ0n) is 16.5. The van der Waals surface area contributed by atoms with Crippen molar-refractivity contribution < 1.29 is 29.6 Å². The highest BCUT2D eigenvalue weighted by molar-refractivity contribution is 5.89. The molecule has 2 aromatic rings. The number of aliphatic hydroxyl groups is 1. The van der Waals surface area contributed by atoms with Crippen LogP contribution in [0.25, 0.3) is 10.9 Å². The number of rotatable bonds is 7. The number of aliphatic carboxylic acids is 2. The van der Waals surface area contributed by atoms with E-state index in [4.69, 9.17) is 20.2 Å². The van der Waals surface area contributed by atoms with Crippen molar-refractivity contribution in [3.8, 4) is 11.8 Å². The molecule has 0 amide bonds. The van der Waals surface area contributed by atoms with Crippen LogP contribution in [-0.2, 0) is 9.59 Å². The average molecular weight is 403 g/mol. The molecular weight excluding hydrogens is 378 g/mol. The van der Waals surface area contributed by atoms with Gasteiger partial charge in [-0.05, 0) is 39.0 Å². The Bertz CT molecular complexity index is 889. The highest BCUT2D eigenvalue weighted by Gasteiger charge is 2.13. The third-order valence-corrected chi connectivity index (χ3v) is 3.41. The fourth-order valence-corrected chi connectivity index (χ4v) is 2.12. The van der Waals surface area contributed by atoms with Crippen molar-refractivity contribution in [3.05, 3.63) is 42.1 Å². The van der Waals surface area contributed by atoms with Gasteiger partial charge in [-0.2, -0.15) is 5.26 Å². The number of nitrogens with one attached hydrogen (secondary N) is 2. The van der Waals surface area contributed by atoms with Crippen LogP contribution in [0.15, 0.2) is 36.4 Å². The van der Waals surface area contributed by atoms with Crippen molar-refractivity contribution in [2.45, 2.75) is 32.4 Å². The summed E-state index contributed by atoms with van der Waals surface area (Å²) in [5, 5.41) is 38.6. The van der Waals surface area contributed by atoms with E-state index in [1.807, 2.05) is 39.0 Å². The van der Waals surface area contributed by atoms with Crippen LogP contribution in [0.5, 0.6) is 5.75 Å². The van der Waals surface area contributed by atoms with Gasteiger partial charge in [0.25, 0.3) is 0 Å². The number of fused-ring (bicyclic) bond motifs is 1. The van der Waals surface area contributed by atoms with Gasteiger partial charge in [-0.15, -0.1) is 0 Å². The van der Waals surface area contributed by atoms with Gasteiger partial charge in [0.15, 0.2) is 0 Å². The maximum absolute atomic E-state index is 9.95. The number of benzene rings is 1. The molecule has 29 heavy (non-hydrogen) atoms. The maximum atomic E-state index is 9.95. The molecular formula is C20H25N3O6. The average Bonchev–Trinajstić information content (AvgIpc) is 3.07. The van der Waals surface area contributed by atoms with Crippen molar-refractivity contribution in [2.24, 2.45) is 0 Å². The number of carboxylic acids is 2. The third-order valence-electron chi connectivity index (χ3n) is 3.41. The van der Waals surface area contributed by atoms with Crippen LogP contribution in [0.3, 0.4) is 0 Å². The summed E-state index contributed by atoms with van der Waals surface area (Å²) in [5.74, 6) is -1.85. The molecule has 0 bridgehead atoms. The molecule has 0 aliphatic rings. The van der Waals surface area contributed by atoms with Crippen LogP contribution in [0, 0.1) is 11.3 Å². The summed E-state index contributed by atoms with van der Waals surface area (Å²) in [7, 11) is 0. The smallest absolute Gasteiger partial charge is 0.328 e. The molecule has 9 nitrogen and oxygen atoms in total. The van der Waals surface area contributed by atoms with Gasteiger partial charge in [-0.3, -0.25) is 0 Å². The lowest BCUT2D eigenvalue weighted by atomic mass is 10.1. The maximum Gasteiger partial charge on any atom is 0.328 e. The molecule has 9 heteroatoms. The van der Waals surface area contributed by atoms with E-state index in [-0.39, 0.29) is 12.1 Å². The predicted molar refractivity (Wildman–Crippen MR) is 107 cm³/mol. The lowest BCUT2D eigenvalue weighted by Gasteiger charge is -2.23. The number of β-amino-alcohol motifs (C(OH)–C–C–N with tert-alkyl or cyclic N) is 1. The fraction of sp³-hybridized carbons (Fsp3) is 0.350. The highest BCUT2D eigenvalue weighted by atomic mass is 16.5. The van der Waals surface area contributed by atoms with Gasteiger partial charge in [0.2, 0.25) is 0 Å². The molecule has 0 aliphatic heterocycles. The Morgan fingerprint density at radius 1 is 1.28 bits per heavy atom. The Kier molecular flexibility index (Phi) is 8.86. The first kappa shape index (κ1) is 23.7. The lowest BCUT2D eigenvalue weighted by Crippen LogP contribution is -2.42. The van der Waals surface area contributed by atoms with Gasteiger partial charge in [-0.25, -0.2) is 9.59 Å². The second-order valence-corrected chi connectivity index (χ2v) is 7.12. The number of hydrogen-bond acceptors (Lipinski definition) is 6. The quantitative estimate of drug-likeness (QED) is 0.439. The molecule has 0 saturated carbocycles. The van der Waals surface area contributed by atoms with Crippen LogP contribution < -0.4 is 10.1 Å². The Labute approximate surface area is 168 Å². The van der Waals surface area contributed by atoms with Crippen LogP contribution in [0.1, 0.15) is 26.5 Å². The second-order valence-electron chi connectivity index (χ2n) is 7.12. The molecule has 156 valence electrons. The summed E-state index contributed by atoms with van der Waals surface area (Å²) >= 11 is 0. The fourth-order valence-electron chi connectivity index (χ4n) is 2.12. The molecule has 1 unspecified atom stereocenters. The van der Waals surface area contributed by atoms with Crippen molar-refractivity contribution in [1.82, 2.24) is 10.3 Å². The predicted octanol–water partition coefficient (Wildman–Crippen LogP) is 1.88. The van der Waals surface area contributed by atoms with Gasteiger partial charge in [0.05, 0.1) is 5.52 Å². The minimum absolute atomic E-state index is 0.0384. The molecule has 1 aromatic heterocycles. The topological polar surface area (TPSA) is 156 Å². The van der Waals surface area contributed by atoms with Crippen molar-refractivity contribution in [2.75, 3.05) is 13.2 Å². The SMILES string of the molecule is CC(C)(C)NCC(O)COc1cccc2[nH]c(C#N)cc12.O=C(O)/C=C/C(=O)O. The second kappa shape index (κ2) is 10.8. The lowest BCUT2D eigenvalue weighted by molar-refractivity contribution is -0.134. The van der Waals surface area contributed by atoms with Crippen molar-refractivity contribution in [1.29, 1.82) is 5.26 Å². The Hall–Kier alpha value is -3.35. The normalized spacial score (nSPS) is 12.1. The molecule has 0 radical (unpaired) electrons. The first-order chi connectivity index (χ1) is 13.5. The van der Waals surface area contributed by atoms with Crippen LogP contribution in [0.2, 0.25) is 0 Å². The summed E-state index contributed by atoms with van der Waals surface area (Å²) in [6, 6.07) is 9.41. The number of carbonyl (C=O) groups is 2. The minimum Gasteiger partial charge on any atom is -0.490 e. The van der Waals surface area contributed by atoms with Gasteiger partial charge in [0, 0.05) is 29.6 Å². The molecule has 2 rings (SSSR count).